The summed E-state index contributed by atoms with van der Waals surface area (Å²) in [6, 6.07) is 6.86. The summed E-state index contributed by atoms with van der Waals surface area (Å²) in [4.78, 5) is 4.28. The summed E-state index contributed by atoms with van der Waals surface area (Å²) in [5, 5.41) is 6.07. The van der Waals surface area contributed by atoms with E-state index < -0.39 is 0 Å². The molecule has 0 aliphatic heterocycles. The second kappa shape index (κ2) is 5.07. The van der Waals surface area contributed by atoms with Gasteiger partial charge in [0.25, 0.3) is 0 Å². The lowest BCUT2D eigenvalue weighted by atomic mass is 10.1. The predicted octanol–water partition coefficient (Wildman–Crippen LogP) is 3.25. The molecule has 1 heterocycles. The van der Waals surface area contributed by atoms with Crippen LogP contribution in [-0.2, 0) is 6.42 Å². The fourth-order valence-electron chi connectivity index (χ4n) is 1.44. The third kappa shape index (κ3) is 2.79. The fraction of sp³-hybridized carbons (Fsp3) is 0.250. The van der Waals surface area contributed by atoms with Crippen molar-refractivity contribution in [3.05, 3.63) is 46.7 Å². The summed E-state index contributed by atoms with van der Waals surface area (Å²) in [6.45, 7) is 2.66. The molecule has 0 bridgehead atoms. The lowest BCUT2D eigenvalue weighted by Gasteiger charge is -2.03. The van der Waals surface area contributed by atoms with E-state index in [0.29, 0.717) is 13.0 Å². The monoisotopic (exact) mass is 236 g/mol. The molecule has 0 aliphatic carbocycles. The molecular weight excluding hydrogens is 223 g/mol. The largest absolute Gasteiger partial charge is 0.361 e. The number of halogens is 1. The van der Waals surface area contributed by atoms with Crippen molar-refractivity contribution in [2.75, 3.05) is 11.9 Å². The Labute approximate surface area is 98.2 Å². The van der Waals surface area contributed by atoms with Crippen molar-refractivity contribution in [1.82, 2.24) is 4.98 Å². The quantitative estimate of drug-likeness (QED) is 0.881. The minimum Gasteiger partial charge on any atom is -0.361 e. The molecule has 2 nitrogen and oxygen atoms in total. The Morgan fingerprint density at radius 2 is 2.19 bits per heavy atom. The topological polar surface area (TPSA) is 24.9 Å². The van der Waals surface area contributed by atoms with Crippen molar-refractivity contribution in [3.63, 3.8) is 0 Å². The van der Waals surface area contributed by atoms with Crippen LogP contribution < -0.4 is 5.32 Å². The number of hydrogen-bond donors (Lipinski definition) is 1. The minimum atomic E-state index is -0.139. The Morgan fingerprint density at radius 1 is 1.38 bits per heavy atom. The Morgan fingerprint density at radius 3 is 2.88 bits per heavy atom. The molecule has 0 radical (unpaired) electrons. The third-order valence-corrected chi connectivity index (χ3v) is 3.17. The summed E-state index contributed by atoms with van der Waals surface area (Å²) in [7, 11) is 0. The first kappa shape index (κ1) is 11.1. The summed E-state index contributed by atoms with van der Waals surface area (Å²) in [5.74, 6) is -0.139. The highest BCUT2D eigenvalue weighted by molar-refractivity contribution is 7.13. The zero-order valence-corrected chi connectivity index (χ0v) is 9.85. The number of hydrogen-bond acceptors (Lipinski definition) is 3. The van der Waals surface area contributed by atoms with Crippen LogP contribution in [0.3, 0.4) is 0 Å². The van der Waals surface area contributed by atoms with Gasteiger partial charge in [0.1, 0.15) is 5.82 Å². The van der Waals surface area contributed by atoms with Gasteiger partial charge in [0.15, 0.2) is 5.13 Å². The molecule has 1 aromatic heterocycles. The highest BCUT2D eigenvalue weighted by Crippen LogP contribution is 2.14. The van der Waals surface area contributed by atoms with E-state index in [1.54, 1.807) is 17.4 Å². The molecule has 1 N–H and O–H groups in total. The zero-order valence-electron chi connectivity index (χ0n) is 9.03. The lowest BCUT2D eigenvalue weighted by molar-refractivity contribution is 0.610. The normalized spacial score (nSPS) is 10.4. The second-order valence-corrected chi connectivity index (χ2v) is 4.42. The van der Waals surface area contributed by atoms with E-state index in [1.807, 2.05) is 24.4 Å². The molecule has 84 valence electrons. The number of nitrogens with one attached hydrogen (secondary N) is 1. The minimum absolute atomic E-state index is 0.139. The molecule has 2 rings (SSSR count). The van der Waals surface area contributed by atoms with Gasteiger partial charge in [-0.05, 0) is 25.0 Å². The lowest BCUT2D eigenvalue weighted by Crippen LogP contribution is -2.05. The standard InChI is InChI=1S/C12H13FN2S/c1-9-8-16-12(15-9)14-7-6-10-4-2-3-5-11(10)13/h2-5,8H,6-7H2,1H3,(H,14,15). The van der Waals surface area contributed by atoms with Crippen LogP contribution in [0, 0.1) is 12.7 Å². The van der Waals surface area contributed by atoms with Gasteiger partial charge >= 0.3 is 0 Å². The van der Waals surface area contributed by atoms with Gasteiger partial charge in [-0.1, -0.05) is 18.2 Å². The number of anilines is 1. The Bertz CT molecular complexity index is 468. The van der Waals surface area contributed by atoms with Crippen molar-refractivity contribution in [3.8, 4) is 0 Å². The Hall–Kier alpha value is -1.42. The van der Waals surface area contributed by atoms with Crippen LogP contribution in [0.25, 0.3) is 0 Å². The molecule has 4 heteroatoms. The zero-order chi connectivity index (χ0) is 11.4. The van der Waals surface area contributed by atoms with E-state index >= 15 is 0 Å². The average molecular weight is 236 g/mol. The van der Waals surface area contributed by atoms with Crippen LogP contribution >= 0.6 is 11.3 Å². The maximum absolute atomic E-state index is 13.3. The Kier molecular flexibility index (Phi) is 3.51. The molecule has 0 saturated carbocycles. The maximum atomic E-state index is 13.3. The first-order valence-electron chi connectivity index (χ1n) is 5.15. The van der Waals surface area contributed by atoms with Gasteiger partial charge in [0, 0.05) is 11.9 Å². The van der Waals surface area contributed by atoms with Crippen molar-refractivity contribution in [2.24, 2.45) is 0 Å². The fourth-order valence-corrected chi connectivity index (χ4v) is 2.16. The number of nitrogens with zero attached hydrogens (tertiary/aromatic N) is 1. The first-order valence-corrected chi connectivity index (χ1v) is 6.03. The van der Waals surface area contributed by atoms with E-state index in [0.717, 1.165) is 16.4 Å². The van der Waals surface area contributed by atoms with E-state index in [-0.39, 0.29) is 5.82 Å². The van der Waals surface area contributed by atoms with Gasteiger partial charge in [-0.3, -0.25) is 0 Å². The van der Waals surface area contributed by atoms with E-state index in [9.17, 15) is 4.39 Å². The molecule has 0 fully saturated rings. The van der Waals surface area contributed by atoms with Gasteiger partial charge in [-0.2, -0.15) is 0 Å². The average Bonchev–Trinajstić information content (AvgIpc) is 2.67. The molecule has 0 saturated heterocycles. The molecule has 0 atom stereocenters. The number of rotatable bonds is 4. The van der Waals surface area contributed by atoms with Gasteiger partial charge < -0.3 is 5.32 Å². The van der Waals surface area contributed by atoms with E-state index in [2.05, 4.69) is 10.3 Å². The first-order chi connectivity index (χ1) is 7.75. The molecule has 0 spiro atoms. The molecule has 1 aromatic carbocycles. The maximum Gasteiger partial charge on any atom is 0.182 e. The molecule has 2 aromatic rings. The summed E-state index contributed by atoms with van der Waals surface area (Å²) in [5.41, 5.74) is 1.75. The molecule has 0 aliphatic rings. The number of benzene rings is 1. The van der Waals surface area contributed by atoms with Gasteiger partial charge in [-0.25, -0.2) is 9.37 Å². The van der Waals surface area contributed by atoms with Crippen LogP contribution in [0.4, 0.5) is 9.52 Å². The number of aromatic nitrogens is 1. The summed E-state index contributed by atoms with van der Waals surface area (Å²) in [6.07, 6.45) is 0.672. The highest BCUT2D eigenvalue weighted by atomic mass is 32.1. The second-order valence-electron chi connectivity index (χ2n) is 3.56. The van der Waals surface area contributed by atoms with Crippen LogP contribution in [0.15, 0.2) is 29.6 Å². The molecule has 0 unspecified atom stereocenters. The van der Waals surface area contributed by atoms with Crippen LogP contribution in [0.2, 0.25) is 0 Å². The van der Waals surface area contributed by atoms with Gasteiger partial charge in [0.05, 0.1) is 5.69 Å². The number of thiazole rings is 1. The molecule has 16 heavy (non-hydrogen) atoms. The third-order valence-electron chi connectivity index (χ3n) is 2.25. The van der Waals surface area contributed by atoms with Gasteiger partial charge in [-0.15, -0.1) is 11.3 Å². The smallest absolute Gasteiger partial charge is 0.182 e. The van der Waals surface area contributed by atoms with E-state index in [1.165, 1.54) is 6.07 Å². The molecular formula is C12H13FN2S. The van der Waals surface area contributed by atoms with Crippen molar-refractivity contribution >= 4 is 16.5 Å². The van der Waals surface area contributed by atoms with Crippen molar-refractivity contribution in [1.29, 1.82) is 0 Å². The van der Waals surface area contributed by atoms with Crippen molar-refractivity contribution in [2.45, 2.75) is 13.3 Å². The predicted molar refractivity (Wildman–Crippen MR) is 65.4 cm³/mol. The van der Waals surface area contributed by atoms with Crippen LogP contribution in [0.1, 0.15) is 11.3 Å². The van der Waals surface area contributed by atoms with E-state index in [4.69, 9.17) is 0 Å². The summed E-state index contributed by atoms with van der Waals surface area (Å²) < 4.78 is 13.3. The van der Waals surface area contributed by atoms with Crippen LogP contribution in [0.5, 0.6) is 0 Å². The number of aryl methyl sites for hydroxylation is 1. The Balaban J connectivity index is 1.87. The molecule has 0 amide bonds. The van der Waals surface area contributed by atoms with Crippen LogP contribution in [-0.4, -0.2) is 11.5 Å². The van der Waals surface area contributed by atoms with Crippen molar-refractivity contribution < 1.29 is 4.39 Å². The SMILES string of the molecule is Cc1csc(NCCc2ccccc2F)n1. The highest BCUT2D eigenvalue weighted by Gasteiger charge is 2.01. The summed E-state index contributed by atoms with van der Waals surface area (Å²) >= 11 is 1.57. The van der Waals surface area contributed by atoms with Gasteiger partial charge in [0.2, 0.25) is 0 Å².